The number of fused-ring (bicyclic) bond motifs is 1. The molecular weight excluding hydrogens is 421 g/mol. The second-order valence-electron chi connectivity index (χ2n) is 7.00. The monoisotopic (exact) mass is 440 g/mol. The van der Waals surface area contributed by atoms with Crippen LogP contribution in [-0.2, 0) is 16.1 Å². The van der Waals surface area contributed by atoms with Gasteiger partial charge in [0.1, 0.15) is 0 Å². The highest BCUT2D eigenvalue weighted by molar-refractivity contribution is 5.99. The third-order valence-corrected chi connectivity index (χ3v) is 4.76. The minimum atomic E-state index is -1.69. The molecule has 0 saturated heterocycles. The van der Waals surface area contributed by atoms with Crippen molar-refractivity contribution in [2.45, 2.75) is 13.0 Å². The number of carbonyl (C=O) groups excluding carboxylic acids is 2. The first-order valence-electron chi connectivity index (χ1n) is 9.63. The zero-order valence-corrected chi connectivity index (χ0v) is 17.1. The van der Waals surface area contributed by atoms with Crippen molar-refractivity contribution in [1.29, 1.82) is 5.26 Å². The van der Waals surface area contributed by atoms with Crippen LogP contribution in [0.25, 0.3) is 17.0 Å². The molecule has 0 aliphatic carbocycles. The number of nitrogens with one attached hydrogen (secondary N) is 1. The molecule has 0 radical (unpaired) electrons. The van der Waals surface area contributed by atoms with E-state index in [1.807, 2.05) is 35.0 Å². The molecule has 0 atom stereocenters. The van der Waals surface area contributed by atoms with E-state index >= 15 is 0 Å². The molecule has 164 valence electrons. The average Bonchev–Trinajstić information content (AvgIpc) is 3.14. The van der Waals surface area contributed by atoms with Gasteiger partial charge in [0.2, 0.25) is 11.8 Å². The van der Waals surface area contributed by atoms with E-state index in [4.69, 9.17) is 5.26 Å². The fraction of sp³-hybridized carbons (Fsp3) is 0.174. The summed E-state index contributed by atoms with van der Waals surface area (Å²) in [5.74, 6) is -5.83. The van der Waals surface area contributed by atoms with Crippen LogP contribution in [0.1, 0.15) is 12.0 Å². The van der Waals surface area contributed by atoms with Crippen LogP contribution in [0.15, 0.2) is 48.7 Å². The Morgan fingerprint density at radius 2 is 1.91 bits per heavy atom. The molecule has 3 aromatic rings. The summed E-state index contributed by atoms with van der Waals surface area (Å²) in [6.45, 7) is 0.0882. The van der Waals surface area contributed by atoms with Crippen LogP contribution in [0.4, 0.5) is 18.9 Å². The topological polar surface area (TPSA) is 78.1 Å². The lowest BCUT2D eigenvalue weighted by molar-refractivity contribution is -0.129. The van der Waals surface area contributed by atoms with Gasteiger partial charge in [0, 0.05) is 42.3 Å². The number of likely N-dealkylation sites (N-methyl/N-ethyl adjacent to an activating group) is 1. The molecule has 0 aliphatic rings. The molecule has 0 fully saturated rings. The van der Waals surface area contributed by atoms with E-state index in [1.165, 1.54) is 13.1 Å². The van der Waals surface area contributed by atoms with Crippen molar-refractivity contribution < 1.29 is 22.8 Å². The van der Waals surface area contributed by atoms with E-state index in [2.05, 4.69) is 11.4 Å². The Labute approximate surface area is 182 Å². The number of nitrogens with zero attached hydrogens (tertiary/aromatic N) is 3. The van der Waals surface area contributed by atoms with Crippen LogP contribution in [0.5, 0.6) is 0 Å². The van der Waals surface area contributed by atoms with Crippen molar-refractivity contribution in [2.24, 2.45) is 0 Å². The predicted octanol–water partition coefficient (Wildman–Crippen LogP) is 4.08. The van der Waals surface area contributed by atoms with Crippen LogP contribution in [0.2, 0.25) is 0 Å². The maximum absolute atomic E-state index is 13.7. The first-order valence-corrected chi connectivity index (χ1v) is 9.63. The van der Waals surface area contributed by atoms with Gasteiger partial charge in [0.15, 0.2) is 17.5 Å². The van der Waals surface area contributed by atoms with Gasteiger partial charge >= 0.3 is 0 Å². The Morgan fingerprint density at radius 3 is 2.66 bits per heavy atom. The number of hydrogen-bond acceptors (Lipinski definition) is 3. The summed E-state index contributed by atoms with van der Waals surface area (Å²) in [5, 5.41) is 11.9. The molecule has 32 heavy (non-hydrogen) atoms. The van der Waals surface area contributed by atoms with E-state index in [0.29, 0.717) is 19.0 Å². The van der Waals surface area contributed by atoms with Crippen molar-refractivity contribution in [3.63, 3.8) is 0 Å². The lowest BCUT2D eigenvalue weighted by Gasteiger charge is -2.15. The largest absolute Gasteiger partial charge is 0.346 e. The standard InChI is InChI=1S/C23H19F3N4O2/c1-29(14-20(31)28-18-9-8-17(24)22(25)23(18)26)21(32)10-7-15-13-30(12-4-11-27)19-6-3-2-5-16(15)19/h2-3,5-10,13H,4,12,14H2,1H3,(H,28,31). The highest BCUT2D eigenvalue weighted by Crippen LogP contribution is 2.23. The van der Waals surface area contributed by atoms with Gasteiger partial charge in [-0.15, -0.1) is 0 Å². The van der Waals surface area contributed by atoms with Gasteiger partial charge in [-0.2, -0.15) is 5.26 Å². The van der Waals surface area contributed by atoms with Gasteiger partial charge in [0.25, 0.3) is 0 Å². The molecule has 1 N–H and O–H groups in total. The highest BCUT2D eigenvalue weighted by atomic mass is 19.2. The zero-order valence-electron chi connectivity index (χ0n) is 17.1. The smallest absolute Gasteiger partial charge is 0.246 e. The molecule has 0 saturated carbocycles. The lowest BCUT2D eigenvalue weighted by atomic mass is 10.1. The van der Waals surface area contributed by atoms with Crippen molar-refractivity contribution in [3.05, 3.63) is 71.7 Å². The molecule has 0 spiro atoms. The summed E-state index contributed by atoms with van der Waals surface area (Å²) in [5.41, 5.74) is 1.18. The van der Waals surface area contributed by atoms with Crippen LogP contribution < -0.4 is 5.32 Å². The molecule has 6 nitrogen and oxygen atoms in total. The number of hydrogen-bond donors (Lipinski definition) is 1. The first-order chi connectivity index (χ1) is 15.3. The van der Waals surface area contributed by atoms with Gasteiger partial charge < -0.3 is 14.8 Å². The summed E-state index contributed by atoms with van der Waals surface area (Å²) in [6, 6.07) is 11.3. The van der Waals surface area contributed by atoms with E-state index in [9.17, 15) is 22.8 Å². The second kappa shape index (κ2) is 9.83. The molecule has 0 aliphatic heterocycles. The Kier molecular flexibility index (Phi) is 6.95. The zero-order chi connectivity index (χ0) is 23.3. The fourth-order valence-electron chi connectivity index (χ4n) is 3.16. The van der Waals surface area contributed by atoms with Gasteiger partial charge in [-0.3, -0.25) is 9.59 Å². The number of para-hydroxylation sites is 1. The van der Waals surface area contributed by atoms with Gasteiger partial charge in [-0.05, 0) is 24.3 Å². The number of carbonyl (C=O) groups is 2. The molecule has 0 unspecified atom stereocenters. The number of halogens is 3. The minimum absolute atomic E-state index is 0.344. The van der Waals surface area contributed by atoms with Crippen LogP contribution >= 0.6 is 0 Å². The highest BCUT2D eigenvalue weighted by Gasteiger charge is 2.17. The molecule has 9 heteroatoms. The van der Waals surface area contributed by atoms with Gasteiger partial charge in [-0.1, -0.05) is 18.2 Å². The molecule has 1 heterocycles. The summed E-state index contributed by atoms with van der Waals surface area (Å²) in [7, 11) is 1.38. The van der Waals surface area contributed by atoms with Crippen molar-refractivity contribution >= 4 is 34.5 Å². The van der Waals surface area contributed by atoms with Crippen LogP contribution in [0.3, 0.4) is 0 Å². The molecule has 3 rings (SSSR count). The molecule has 2 amide bonds. The molecular formula is C23H19F3N4O2. The number of aromatic nitrogens is 1. The molecule has 1 aromatic heterocycles. The minimum Gasteiger partial charge on any atom is -0.346 e. The van der Waals surface area contributed by atoms with Gasteiger partial charge in [-0.25, -0.2) is 13.2 Å². The quantitative estimate of drug-likeness (QED) is 0.444. The summed E-state index contributed by atoms with van der Waals surface area (Å²) >= 11 is 0. The maximum Gasteiger partial charge on any atom is 0.246 e. The normalized spacial score (nSPS) is 11.0. The van der Waals surface area contributed by atoms with E-state index in [1.54, 1.807) is 6.08 Å². The number of anilines is 1. The Hall–Kier alpha value is -4.06. The number of nitriles is 1. The average molecular weight is 440 g/mol. The number of benzene rings is 2. The van der Waals surface area contributed by atoms with Crippen molar-refractivity contribution in [1.82, 2.24) is 9.47 Å². The number of aryl methyl sites for hydroxylation is 1. The predicted molar refractivity (Wildman–Crippen MR) is 114 cm³/mol. The van der Waals surface area contributed by atoms with Crippen LogP contribution in [0, 0.1) is 28.8 Å². The number of amides is 2. The second-order valence-corrected chi connectivity index (χ2v) is 7.00. The van der Waals surface area contributed by atoms with E-state index in [0.717, 1.165) is 27.4 Å². The maximum atomic E-state index is 13.7. The van der Waals surface area contributed by atoms with E-state index < -0.39 is 41.5 Å². The van der Waals surface area contributed by atoms with Crippen LogP contribution in [-0.4, -0.2) is 34.9 Å². The Morgan fingerprint density at radius 1 is 1.16 bits per heavy atom. The SMILES string of the molecule is CN(CC(=O)Nc1ccc(F)c(F)c1F)C(=O)C=Cc1cn(CCC#N)c2ccccc12. The van der Waals surface area contributed by atoms with E-state index in [-0.39, 0.29) is 0 Å². The molecule has 2 aromatic carbocycles. The van der Waals surface area contributed by atoms with Gasteiger partial charge in [0.05, 0.1) is 24.7 Å². The lowest BCUT2D eigenvalue weighted by Crippen LogP contribution is -2.34. The molecule has 0 bridgehead atoms. The summed E-state index contributed by atoms with van der Waals surface area (Å²) in [6.07, 6.45) is 5.08. The van der Waals surface area contributed by atoms with Crippen molar-refractivity contribution in [2.75, 3.05) is 18.9 Å². The van der Waals surface area contributed by atoms with Crippen molar-refractivity contribution in [3.8, 4) is 6.07 Å². The Bertz CT molecular complexity index is 1240. The third-order valence-electron chi connectivity index (χ3n) is 4.76. The summed E-state index contributed by atoms with van der Waals surface area (Å²) in [4.78, 5) is 25.6. The number of rotatable bonds is 7. The fourth-order valence-corrected chi connectivity index (χ4v) is 3.16. The first kappa shape index (κ1) is 22.6. The Balaban J connectivity index is 1.67. The summed E-state index contributed by atoms with van der Waals surface area (Å²) < 4.78 is 41.9. The third kappa shape index (κ3) is 4.98.